The van der Waals surface area contributed by atoms with Gasteiger partial charge in [-0.25, -0.2) is 4.39 Å². The van der Waals surface area contributed by atoms with E-state index in [1.165, 1.54) is 6.07 Å². The van der Waals surface area contributed by atoms with Gasteiger partial charge in [0, 0.05) is 20.0 Å². The van der Waals surface area contributed by atoms with Crippen molar-refractivity contribution < 1.29 is 4.39 Å². The average Bonchev–Trinajstić information content (AvgIpc) is 2.37. The van der Waals surface area contributed by atoms with Gasteiger partial charge in [0.1, 0.15) is 5.82 Å². The van der Waals surface area contributed by atoms with Crippen molar-refractivity contribution >= 4 is 43.5 Å². The molecule has 0 amide bonds. The summed E-state index contributed by atoms with van der Waals surface area (Å²) >= 11 is 13.1. The van der Waals surface area contributed by atoms with Gasteiger partial charge in [-0.3, -0.25) is 0 Å². The monoisotopic (exact) mass is 433 g/mol. The van der Waals surface area contributed by atoms with E-state index in [0.29, 0.717) is 11.4 Å². The van der Waals surface area contributed by atoms with Gasteiger partial charge in [0.2, 0.25) is 0 Å². The summed E-state index contributed by atoms with van der Waals surface area (Å²) < 4.78 is 15.2. The van der Waals surface area contributed by atoms with E-state index in [4.69, 9.17) is 11.6 Å². The van der Waals surface area contributed by atoms with Gasteiger partial charge < -0.3 is 5.32 Å². The topological polar surface area (TPSA) is 12.0 Å². The molecule has 2 aromatic rings. The fraction of sp³-hybridized carbons (Fsp3) is 0.250. The number of rotatable bonds is 5. The highest BCUT2D eigenvalue weighted by atomic mass is 79.9. The van der Waals surface area contributed by atoms with Gasteiger partial charge in [-0.05, 0) is 54.4 Å². The standard InChI is InChI=1S/C16H15Br2ClFN/c1-2-21-16(14-4-3-11(17)9-15(14)19)7-10-5-12(18)8-13(20)6-10/h3-6,8-9,16,21H,2,7H2,1H3. The molecule has 0 spiro atoms. The van der Waals surface area contributed by atoms with E-state index in [1.54, 1.807) is 6.07 Å². The highest BCUT2D eigenvalue weighted by molar-refractivity contribution is 9.10. The Hall–Kier alpha value is -0.420. The summed E-state index contributed by atoms with van der Waals surface area (Å²) in [5.41, 5.74) is 1.94. The summed E-state index contributed by atoms with van der Waals surface area (Å²) in [4.78, 5) is 0. The lowest BCUT2D eigenvalue weighted by molar-refractivity contribution is 0.546. The fourth-order valence-electron chi connectivity index (χ4n) is 2.29. The first-order chi connectivity index (χ1) is 9.99. The van der Waals surface area contributed by atoms with Crippen LogP contribution in [0.4, 0.5) is 4.39 Å². The van der Waals surface area contributed by atoms with Crippen molar-refractivity contribution in [3.63, 3.8) is 0 Å². The molecule has 2 aromatic carbocycles. The maximum Gasteiger partial charge on any atom is 0.124 e. The highest BCUT2D eigenvalue weighted by Crippen LogP contribution is 2.29. The van der Waals surface area contributed by atoms with Crippen molar-refractivity contribution in [2.75, 3.05) is 6.54 Å². The Bertz CT molecular complexity index is 613. The molecule has 1 unspecified atom stereocenters. The summed E-state index contributed by atoms with van der Waals surface area (Å²) in [6, 6.07) is 10.8. The lowest BCUT2D eigenvalue weighted by Gasteiger charge is -2.20. The second-order valence-corrected chi connectivity index (χ2v) is 7.00. The first-order valence-corrected chi connectivity index (χ1v) is 8.59. The van der Waals surface area contributed by atoms with Crippen molar-refractivity contribution in [3.8, 4) is 0 Å². The van der Waals surface area contributed by atoms with Crippen molar-refractivity contribution in [2.45, 2.75) is 19.4 Å². The van der Waals surface area contributed by atoms with Gasteiger partial charge in [-0.2, -0.15) is 0 Å². The van der Waals surface area contributed by atoms with Gasteiger partial charge in [-0.1, -0.05) is 56.5 Å². The Morgan fingerprint density at radius 2 is 1.90 bits per heavy atom. The normalized spacial score (nSPS) is 12.4. The minimum Gasteiger partial charge on any atom is -0.310 e. The van der Waals surface area contributed by atoms with E-state index in [1.807, 2.05) is 31.2 Å². The third-order valence-electron chi connectivity index (χ3n) is 3.15. The molecule has 1 N–H and O–H groups in total. The van der Waals surface area contributed by atoms with Gasteiger partial charge in [0.15, 0.2) is 0 Å². The Kier molecular flexibility index (Phi) is 6.23. The number of likely N-dealkylation sites (N-methyl/N-ethyl adjacent to an activating group) is 1. The number of hydrogen-bond acceptors (Lipinski definition) is 1. The van der Waals surface area contributed by atoms with Crippen LogP contribution in [0, 0.1) is 5.82 Å². The Morgan fingerprint density at radius 3 is 2.52 bits per heavy atom. The molecule has 5 heteroatoms. The maximum absolute atomic E-state index is 13.5. The Labute approximate surface area is 146 Å². The predicted octanol–water partition coefficient (Wildman–Crippen LogP) is 5.90. The molecule has 0 aliphatic carbocycles. The van der Waals surface area contributed by atoms with Crippen LogP contribution in [0.2, 0.25) is 5.02 Å². The van der Waals surface area contributed by atoms with Crippen molar-refractivity contribution in [1.82, 2.24) is 5.32 Å². The summed E-state index contributed by atoms with van der Waals surface area (Å²) in [5.74, 6) is -0.239. The molecule has 2 rings (SSSR count). The van der Waals surface area contributed by atoms with Crippen LogP contribution in [-0.4, -0.2) is 6.54 Å². The zero-order valence-electron chi connectivity index (χ0n) is 11.5. The van der Waals surface area contributed by atoms with E-state index in [-0.39, 0.29) is 11.9 Å². The van der Waals surface area contributed by atoms with Gasteiger partial charge in [0.25, 0.3) is 0 Å². The molecule has 0 radical (unpaired) electrons. The smallest absolute Gasteiger partial charge is 0.124 e. The van der Waals surface area contributed by atoms with Crippen LogP contribution in [0.3, 0.4) is 0 Å². The third kappa shape index (κ3) is 4.78. The third-order valence-corrected chi connectivity index (χ3v) is 4.43. The van der Waals surface area contributed by atoms with E-state index in [2.05, 4.69) is 37.2 Å². The molecule has 0 aliphatic rings. The minimum absolute atomic E-state index is 0.0456. The Morgan fingerprint density at radius 1 is 1.14 bits per heavy atom. The van der Waals surface area contributed by atoms with Gasteiger partial charge in [0.05, 0.1) is 0 Å². The fourth-order valence-corrected chi connectivity index (χ4v) is 3.60. The number of halogens is 4. The second-order valence-electron chi connectivity index (χ2n) is 4.76. The lowest BCUT2D eigenvalue weighted by Crippen LogP contribution is -2.23. The molecule has 1 nitrogen and oxygen atoms in total. The molecule has 0 aliphatic heterocycles. The van der Waals surface area contributed by atoms with Crippen molar-refractivity contribution in [3.05, 3.63) is 67.3 Å². The van der Waals surface area contributed by atoms with Crippen LogP contribution in [-0.2, 0) is 6.42 Å². The molecule has 0 saturated carbocycles. The molecule has 0 aromatic heterocycles. The molecule has 21 heavy (non-hydrogen) atoms. The summed E-state index contributed by atoms with van der Waals surface area (Å²) in [6.07, 6.45) is 0.672. The number of nitrogens with one attached hydrogen (secondary N) is 1. The summed E-state index contributed by atoms with van der Waals surface area (Å²) in [7, 11) is 0. The molecule has 1 atom stereocenters. The minimum atomic E-state index is -0.239. The zero-order chi connectivity index (χ0) is 15.4. The van der Waals surface area contributed by atoms with Crippen molar-refractivity contribution in [2.24, 2.45) is 0 Å². The van der Waals surface area contributed by atoms with E-state index in [9.17, 15) is 4.39 Å². The van der Waals surface area contributed by atoms with Gasteiger partial charge in [-0.15, -0.1) is 0 Å². The van der Waals surface area contributed by atoms with Crippen LogP contribution < -0.4 is 5.32 Å². The number of hydrogen-bond donors (Lipinski definition) is 1. The summed E-state index contributed by atoms with van der Waals surface area (Å²) in [6.45, 7) is 2.86. The van der Waals surface area contributed by atoms with E-state index >= 15 is 0 Å². The molecule has 112 valence electrons. The number of benzene rings is 2. The second kappa shape index (κ2) is 7.73. The molecular formula is C16H15Br2ClFN. The lowest BCUT2D eigenvalue weighted by atomic mass is 9.98. The van der Waals surface area contributed by atoms with Crippen LogP contribution in [0.15, 0.2) is 45.3 Å². The molecule has 0 heterocycles. The summed E-state index contributed by atoms with van der Waals surface area (Å²) in [5, 5.41) is 4.11. The van der Waals surface area contributed by atoms with Crippen LogP contribution >= 0.6 is 43.5 Å². The van der Waals surface area contributed by atoms with Crippen LogP contribution in [0.1, 0.15) is 24.1 Å². The molecule has 0 fully saturated rings. The zero-order valence-corrected chi connectivity index (χ0v) is 15.4. The largest absolute Gasteiger partial charge is 0.310 e. The molecule has 0 saturated heterocycles. The first-order valence-electron chi connectivity index (χ1n) is 6.63. The predicted molar refractivity (Wildman–Crippen MR) is 93.4 cm³/mol. The SMILES string of the molecule is CCNC(Cc1cc(F)cc(Br)c1)c1ccc(Br)cc1Cl. The van der Waals surface area contributed by atoms with Gasteiger partial charge >= 0.3 is 0 Å². The van der Waals surface area contributed by atoms with Crippen molar-refractivity contribution in [1.29, 1.82) is 0 Å². The first kappa shape index (κ1) is 16.9. The molecular weight excluding hydrogens is 420 g/mol. The maximum atomic E-state index is 13.5. The van der Waals surface area contributed by atoms with Crippen LogP contribution in [0.25, 0.3) is 0 Å². The van der Waals surface area contributed by atoms with Crippen LogP contribution in [0.5, 0.6) is 0 Å². The average molecular weight is 436 g/mol. The highest BCUT2D eigenvalue weighted by Gasteiger charge is 2.15. The quantitative estimate of drug-likeness (QED) is 0.617. The molecule has 0 bridgehead atoms. The Balaban J connectivity index is 2.30. The van der Waals surface area contributed by atoms with E-state index < -0.39 is 0 Å². The van der Waals surface area contributed by atoms with E-state index in [0.717, 1.165) is 26.6 Å².